The summed E-state index contributed by atoms with van der Waals surface area (Å²) in [5.41, 5.74) is 0.935. The van der Waals surface area contributed by atoms with Crippen LogP contribution < -0.4 is 10.1 Å². The van der Waals surface area contributed by atoms with Crippen molar-refractivity contribution in [2.24, 2.45) is 0 Å². The Morgan fingerprint density at radius 1 is 1.33 bits per heavy atom. The van der Waals surface area contributed by atoms with Gasteiger partial charge in [-0.2, -0.15) is 0 Å². The summed E-state index contributed by atoms with van der Waals surface area (Å²) in [6.45, 7) is 3.68. The number of rotatable bonds is 5. The van der Waals surface area contributed by atoms with Crippen LogP contribution in [0.15, 0.2) is 36.7 Å². The summed E-state index contributed by atoms with van der Waals surface area (Å²) < 4.78 is 5.59. The van der Waals surface area contributed by atoms with Gasteiger partial charge in [0.1, 0.15) is 5.75 Å². The molecule has 0 aliphatic rings. The fraction of sp³-hybridized carbons (Fsp3) is 0.231. The van der Waals surface area contributed by atoms with Crippen LogP contribution in [0.2, 0.25) is 5.02 Å². The minimum absolute atomic E-state index is 0.537. The SMILES string of the molecule is CCNCc1cccc(Oc2cncc(Cl)c2)n1. The molecule has 4 nitrogen and oxygen atoms in total. The van der Waals surface area contributed by atoms with Gasteiger partial charge in [-0.1, -0.05) is 24.6 Å². The highest BCUT2D eigenvalue weighted by Gasteiger charge is 2.01. The van der Waals surface area contributed by atoms with E-state index in [4.69, 9.17) is 16.3 Å². The van der Waals surface area contributed by atoms with Gasteiger partial charge in [0.05, 0.1) is 16.9 Å². The zero-order valence-corrected chi connectivity index (χ0v) is 10.8. The minimum atomic E-state index is 0.537. The van der Waals surface area contributed by atoms with Crippen molar-refractivity contribution < 1.29 is 4.74 Å². The lowest BCUT2D eigenvalue weighted by Crippen LogP contribution is -2.12. The van der Waals surface area contributed by atoms with Crippen LogP contribution in [0.5, 0.6) is 11.6 Å². The van der Waals surface area contributed by atoms with Crippen LogP contribution in [-0.4, -0.2) is 16.5 Å². The second kappa shape index (κ2) is 6.33. The number of hydrogen-bond acceptors (Lipinski definition) is 4. The smallest absolute Gasteiger partial charge is 0.219 e. The first kappa shape index (κ1) is 12.8. The zero-order chi connectivity index (χ0) is 12.8. The normalized spacial score (nSPS) is 10.3. The topological polar surface area (TPSA) is 47.0 Å². The molecule has 0 aromatic carbocycles. The molecule has 1 N–H and O–H groups in total. The van der Waals surface area contributed by atoms with Gasteiger partial charge >= 0.3 is 0 Å². The Morgan fingerprint density at radius 3 is 3.00 bits per heavy atom. The molecule has 0 aliphatic heterocycles. The van der Waals surface area contributed by atoms with Crippen molar-refractivity contribution in [1.82, 2.24) is 15.3 Å². The number of nitrogens with one attached hydrogen (secondary N) is 1. The molecule has 5 heteroatoms. The first-order valence-corrected chi connectivity index (χ1v) is 6.11. The summed E-state index contributed by atoms with van der Waals surface area (Å²) in [6, 6.07) is 7.36. The fourth-order valence-corrected chi connectivity index (χ4v) is 1.60. The van der Waals surface area contributed by atoms with Crippen molar-refractivity contribution in [3.05, 3.63) is 47.4 Å². The molecule has 0 fully saturated rings. The summed E-state index contributed by atoms with van der Waals surface area (Å²) in [5.74, 6) is 1.12. The van der Waals surface area contributed by atoms with E-state index in [0.717, 1.165) is 18.8 Å². The Bertz CT molecular complexity index is 519. The second-order valence-corrected chi connectivity index (χ2v) is 4.12. The van der Waals surface area contributed by atoms with Crippen LogP contribution in [0.4, 0.5) is 0 Å². The van der Waals surface area contributed by atoms with Crippen molar-refractivity contribution in [3.8, 4) is 11.6 Å². The Kier molecular flexibility index (Phi) is 4.50. The maximum absolute atomic E-state index is 5.84. The molecule has 0 saturated heterocycles. The number of ether oxygens (including phenoxy) is 1. The van der Waals surface area contributed by atoms with Gasteiger partial charge in [-0.05, 0) is 12.6 Å². The minimum Gasteiger partial charge on any atom is -0.437 e. The van der Waals surface area contributed by atoms with Crippen molar-refractivity contribution in [1.29, 1.82) is 0 Å². The number of halogens is 1. The van der Waals surface area contributed by atoms with Crippen LogP contribution in [0.3, 0.4) is 0 Å². The molecule has 18 heavy (non-hydrogen) atoms. The molecule has 2 heterocycles. The van der Waals surface area contributed by atoms with Gasteiger partial charge in [0, 0.05) is 24.9 Å². The Labute approximate surface area is 111 Å². The highest BCUT2D eigenvalue weighted by molar-refractivity contribution is 6.30. The first-order chi connectivity index (χ1) is 8.78. The molecule has 0 bridgehead atoms. The maximum Gasteiger partial charge on any atom is 0.219 e. The predicted molar refractivity (Wildman–Crippen MR) is 70.9 cm³/mol. The van der Waals surface area contributed by atoms with Gasteiger partial charge in [0.15, 0.2) is 0 Å². The van der Waals surface area contributed by atoms with Crippen LogP contribution in [0.25, 0.3) is 0 Å². The second-order valence-electron chi connectivity index (χ2n) is 3.69. The van der Waals surface area contributed by atoms with E-state index >= 15 is 0 Å². The Morgan fingerprint density at radius 2 is 2.22 bits per heavy atom. The molecule has 2 rings (SSSR count). The van der Waals surface area contributed by atoms with Gasteiger partial charge in [0.25, 0.3) is 0 Å². The van der Waals surface area contributed by atoms with Crippen LogP contribution in [0.1, 0.15) is 12.6 Å². The summed E-state index contributed by atoms with van der Waals surface area (Å²) in [5, 5.41) is 3.75. The Balaban J connectivity index is 2.09. The number of aromatic nitrogens is 2. The standard InChI is InChI=1S/C13H14ClN3O/c1-2-15-8-11-4-3-5-13(17-11)18-12-6-10(14)7-16-9-12/h3-7,9,15H,2,8H2,1H3. The first-order valence-electron chi connectivity index (χ1n) is 5.73. The zero-order valence-electron chi connectivity index (χ0n) is 10.1. The summed E-state index contributed by atoms with van der Waals surface area (Å²) in [6.07, 6.45) is 3.16. The highest BCUT2D eigenvalue weighted by Crippen LogP contribution is 2.21. The average Bonchev–Trinajstić information content (AvgIpc) is 2.37. The molecule has 0 saturated carbocycles. The van der Waals surface area contributed by atoms with E-state index in [9.17, 15) is 0 Å². The van der Waals surface area contributed by atoms with Gasteiger partial charge in [-0.3, -0.25) is 4.98 Å². The lowest BCUT2D eigenvalue weighted by atomic mass is 10.3. The van der Waals surface area contributed by atoms with Crippen molar-refractivity contribution in [2.45, 2.75) is 13.5 Å². The predicted octanol–water partition coefficient (Wildman–Crippen LogP) is 3.03. The fourth-order valence-electron chi connectivity index (χ4n) is 1.43. The van der Waals surface area contributed by atoms with Crippen molar-refractivity contribution in [2.75, 3.05) is 6.54 Å². The van der Waals surface area contributed by atoms with Gasteiger partial charge < -0.3 is 10.1 Å². The molecule has 0 aliphatic carbocycles. The van der Waals surface area contributed by atoms with Crippen molar-refractivity contribution >= 4 is 11.6 Å². The number of hydrogen-bond donors (Lipinski definition) is 1. The van der Waals surface area contributed by atoms with E-state index in [0.29, 0.717) is 16.7 Å². The average molecular weight is 264 g/mol. The van der Waals surface area contributed by atoms with Crippen molar-refractivity contribution in [3.63, 3.8) is 0 Å². The molecular formula is C13H14ClN3O. The Hall–Kier alpha value is -1.65. The molecule has 0 unspecified atom stereocenters. The monoisotopic (exact) mass is 263 g/mol. The third-order valence-electron chi connectivity index (χ3n) is 2.24. The third-order valence-corrected chi connectivity index (χ3v) is 2.45. The van der Waals surface area contributed by atoms with E-state index in [1.807, 2.05) is 12.1 Å². The van der Waals surface area contributed by atoms with Crippen LogP contribution >= 0.6 is 11.6 Å². The van der Waals surface area contributed by atoms with Gasteiger partial charge in [-0.15, -0.1) is 0 Å². The van der Waals surface area contributed by atoms with E-state index in [2.05, 4.69) is 22.2 Å². The molecule has 0 atom stereocenters. The van der Waals surface area contributed by atoms with Gasteiger partial charge in [-0.25, -0.2) is 4.98 Å². The molecule has 94 valence electrons. The number of nitrogens with zero attached hydrogens (tertiary/aromatic N) is 2. The number of pyridine rings is 2. The van der Waals surface area contributed by atoms with Gasteiger partial charge in [0.2, 0.25) is 5.88 Å². The van der Waals surface area contributed by atoms with Crippen LogP contribution in [0, 0.1) is 0 Å². The largest absolute Gasteiger partial charge is 0.437 e. The quantitative estimate of drug-likeness (QED) is 0.901. The van der Waals surface area contributed by atoms with Crippen LogP contribution in [-0.2, 0) is 6.54 Å². The van der Waals surface area contributed by atoms with E-state index < -0.39 is 0 Å². The van der Waals surface area contributed by atoms with E-state index in [-0.39, 0.29) is 0 Å². The van der Waals surface area contributed by atoms with E-state index in [1.165, 1.54) is 0 Å². The molecule has 2 aromatic rings. The maximum atomic E-state index is 5.84. The summed E-state index contributed by atoms with van der Waals surface area (Å²) in [7, 11) is 0. The molecular weight excluding hydrogens is 250 g/mol. The molecule has 0 amide bonds. The van der Waals surface area contributed by atoms with E-state index in [1.54, 1.807) is 24.5 Å². The molecule has 2 aromatic heterocycles. The molecule has 0 radical (unpaired) electrons. The summed E-state index contributed by atoms with van der Waals surface area (Å²) >= 11 is 5.84. The highest BCUT2D eigenvalue weighted by atomic mass is 35.5. The lowest BCUT2D eigenvalue weighted by molar-refractivity contribution is 0.457. The third kappa shape index (κ3) is 3.68. The summed E-state index contributed by atoms with van der Waals surface area (Å²) in [4.78, 5) is 8.33. The molecule has 0 spiro atoms. The lowest BCUT2D eigenvalue weighted by Gasteiger charge is -2.06.